The monoisotopic (exact) mass is 316 g/mol. The Morgan fingerprint density at radius 2 is 2.00 bits per heavy atom. The van der Waals surface area contributed by atoms with Crippen LogP contribution in [0.15, 0.2) is 23.1 Å². The first kappa shape index (κ1) is 17.4. The quantitative estimate of drug-likeness (QED) is 0.586. The van der Waals surface area contributed by atoms with Gasteiger partial charge in [0.05, 0.1) is 11.0 Å². The number of hydrogen-bond acceptors (Lipinski definition) is 6. The number of sulfone groups is 1. The lowest BCUT2D eigenvalue weighted by Gasteiger charge is -2.15. The van der Waals surface area contributed by atoms with Crippen LogP contribution in [0.3, 0.4) is 0 Å². The van der Waals surface area contributed by atoms with Gasteiger partial charge in [0.25, 0.3) is 5.69 Å². The average Bonchev–Trinajstić information content (AvgIpc) is 2.34. The van der Waals surface area contributed by atoms with Gasteiger partial charge in [-0.15, -0.1) is 0 Å². The van der Waals surface area contributed by atoms with Gasteiger partial charge in [0, 0.05) is 24.6 Å². The molecule has 0 aliphatic carbocycles. The summed E-state index contributed by atoms with van der Waals surface area (Å²) in [5.41, 5.74) is 0.0681. The number of aliphatic hydroxyl groups excluding tert-OH is 1. The molecule has 118 valence electrons. The Balaban J connectivity index is 2.94. The van der Waals surface area contributed by atoms with Crippen LogP contribution in [0.4, 0.5) is 11.4 Å². The lowest BCUT2D eigenvalue weighted by atomic mass is 10.0. The van der Waals surface area contributed by atoms with Crippen LogP contribution in [0.2, 0.25) is 0 Å². The van der Waals surface area contributed by atoms with E-state index in [1.54, 1.807) is 6.92 Å². The fourth-order valence-corrected chi connectivity index (χ4v) is 2.89. The summed E-state index contributed by atoms with van der Waals surface area (Å²) in [7, 11) is -3.68. The second-order valence-electron chi connectivity index (χ2n) is 5.28. The molecule has 0 spiro atoms. The van der Waals surface area contributed by atoms with E-state index in [2.05, 4.69) is 5.32 Å². The summed E-state index contributed by atoms with van der Waals surface area (Å²) in [6.07, 6.45) is 1.14. The minimum atomic E-state index is -3.68. The molecular weight excluding hydrogens is 296 g/mol. The van der Waals surface area contributed by atoms with Gasteiger partial charge in [-0.3, -0.25) is 10.1 Å². The molecule has 21 heavy (non-hydrogen) atoms. The highest BCUT2D eigenvalue weighted by atomic mass is 32.2. The average molecular weight is 316 g/mol. The van der Waals surface area contributed by atoms with Crippen molar-refractivity contribution < 1.29 is 18.4 Å². The SMILES string of the molecule is CC(O)CC(C)CNc1ccc([N+](=O)[O-])c(S(C)(=O)=O)c1. The zero-order valence-electron chi connectivity index (χ0n) is 12.2. The summed E-state index contributed by atoms with van der Waals surface area (Å²) in [4.78, 5) is 9.84. The third-order valence-electron chi connectivity index (χ3n) is 2.95. The van der Waals surface area contributed by atoms with Crippen LogP contribution in [-0.2, 0) is 9.84 Å². The molecule has 0 aromatic heterocycles. The summed E-state index contributed by atoms with van der Waals surface area (Å²) in [5.74, 6) is 0.182. The maximum Gasteiger partial charge on any atom is 0.288 e. The molecule has 0 aliphatic rings. The molecule has 7 nitrogen and oxygen atoms in total. The molecule has 0 heterocycles. The number of benzene rings is 1. The predicted molar refractivity (Wildman–Crippen MR) is 80.2 cm³/mol. The molecular formula is C13H20N2O5S. The van der Waals surface area contributed by atoms with Crippen molar-refractivity contribution in [3.8, 4) is 0 Å². The third-order valence-corrected chi connectivity index (χ3v) is 4.08. The Morgan fingerprint density at radius 1 is 1.38 bits per heavy atom. The van der Waals surface area contributed by atoms with E-state index in [0.29, 0.717) is 18.7 Å². The van der Waals surface area contributed by atoms with E-state index in [1.165, 1.54) is 18.2 Å². The summed E-state index contributed by atoms with van der Waals surface area (Å²) in [5, 5.41) is 23.2. The standard InChI is InChI=1S/C13H20N2O5S/c1-9(6-10(2)16)8-14-11-4-5-12(15(17)18)13(7-11)21(3,19)20/h4-5,7,9-10,14,16H,6,8H2,1-3H3. The summed E-state index contributed by atoms with van der Waals surface area (Å²) < 4.78 is 23.3. The molecule has 1 rings (SSSR count). The molecule has 2 N–H and O–H groups in total. The van der Waals surface area contributed by atoms with Crippen LogP contribution in [0.1, 0.15) is 20.3 Å². The molecule has 0 saturated carbocycles. The minimum Gasteiger partial charge on any atom is -0.393 e. The molecule has 0 amide bonds. The Morgan fingerprint density at radius 3 is 2.48 bits per heavy atom. The van der Waals surface area contributed by atoms with E-state index in [0.717, 1.165) is 6.26 Å². The number of anilines is 1. The van der Waals surface area contributed by atoms with Crippen molar-refractivity contribution in [2.45, 2.75) is 31.3 Å². The Bertz CT molecular complexity index is 613. The van der Waals surface area contributed by atoms with Gasteiger partial charge in [-0.05, 0) is 31.4 Å². The second kappa shape index (κ2) is 6.86. The van der Waals surface area contributed by atoms with Crippen molar-refractivity contribution in [3.63, 3.8) is 0 Å². The highest BCUT2D eigenvalue weighted by molar-refractivity contribution is 7.90. The van der Waals surface area contributed by atoms with Gasteiger partial charge in [-0.1, -0.05) is 6.92 Å². The molecule has 8 heteroatoms. The van der Waals surface area contributed by atoms with Gasteiger partial charge in [0.2, 0.25) is 0 Å². The van der Waals surface area contributed by atoms with E-state index < -0.39 is 26.6 Å². The summed E-state index contributed by atoms with van der Waals surface area (Å²) >= 11 is 0. The number of hydrogen-bond donors (Lipinski definition) is 2. The number of nitrogens with one attached hydrogen (secondary N) is 1. The molecule has 2 unspecified atom stereocenters. The van der Waals surface area contributed by atoms with E-state index >= 15 is 0 Å². The molecule has 1 aromatic rings. The Kier molecular flexibility index (Phi) is 5.68. The highest BCUT2D eigenvalue weighted by Gasteiger charge is 2.22. The van der Waals surface area contributed by atoms with Gasteiger partial charge in [0.1, 0.15) is 4.90 Å². The van der Waals surface area contributed by atoms with E-state index in [1.807, 2.05) is 6.92 Å². The van der Waals surface area contributed by atoms with Gasteiger partial charge >= 0.3 is 0 Å². The van der Waals surface area contributed by atoms with E-state index in [-0.39, 0.29) is 10.8 Å². The van der Waals surface area contributed by atoms with Crippen LogP contribution < -0.4 is 5.32 Å². The van der Waals surface area contributed by atoms with Crippen molar-refractivity contribution in [2.75, 3.05) is 18.1 Å². The molecule has 0 fully saturated rings. The van der Waals surface area contributed by atoms with Crippen LogP contribution >= 0.6 is 0 Å². The van der Waals surface area contributed by atoms with Crippen LogP contribution in [0.25, 0.3) is 0 Å². The van der Waals surface area contributed by atoms with Gasteiger partial charge in [0.15, 0.2) is 9.84 Å². The van der Waals surface area contributed by atoms with Crippen molar-refractivity contribution in [1.82, 2.24) is 0 Å². The first-order valence-corrected chi connectivity index (χ1v) is 8.41. The zero-order chi connectivity index (χ0) is 16.2. The number of nitro groups is 1. The maximum absolute atomic E-state index is 11.6. The lowest BCUT2D eigenvalue weighted by Crippen LogP contribution is -2.16. The normalized spacial score (nSPS) is 14.5. The van der Waals surface area contributed by atoms with Gasteiger partial charge < -0.3 is 10.4 Å². The number of nitro benzene ring substituents is 1. The summed E-state index contributed by atoms with van der Waals surface area (Å²) in [6, 6.07) is 3.92. The zero-order valence-corrected chi connectivity index (χ0v) is 13.1. The highest BCUT2D eigenvalue weighted by Crippen LogP contribution is 2.27. The first-order chi connectivity index (χ1) is 9.61. The second-order valence-corrected chi connectivity index (χ2v) is 7.27. The minimum absolute atomic E-state index is 0.182. The molecule has 0 aliphatic heterocycles. The topological polar surface area (TPSA) is 110 Å². The fourth-order valence-electron chi connectivity index (χ4n) is 2.03. The van der Waals surface area contributed by atoms with Crippen LogP contribution in [-0.4, -0.2) is 37.4 Å². The van der Waals surface area contributed by atoms with Crippen molar-refractivity contribution in [2.24, 2.45) is 5.92 Å². The van der Waals surface area contributed by atoms with Crippen molar-refractivity contribution in [1.29, 1.82) is 0 Å². The fraction of sp³-hybridized carbons (Fsp3) is 0.538. The number of nitrogens with zero attached hydrogens (tertiary/aromatic N) is 1. The van der Waals surface area contributed by atoms with Crippen molar-refractivity contribution in [3.05, 3.63) is 28.3 Å². The number of rotatable bonds is 7. The van der Waals surface area contributed by atoms with E-state index in [4.69, 9.17) is 0 Å². The molecule has 0 bridgehead atoms. The van der Waals surface area contributed by atoms with Crippen LogP contribution in [0, 0.1) is 16.0 Å². The molecule has 2 atom stereocenters. The Hall–Kier alpha value is -1.67. The van der Waals surface area contributed by atoms with Crippen molar-refractivity contribution >= 4 is 21.2 Å². The Labute approximate surface area is 124 Å². The maximum atomic E-state index is 11.6. The molecule has 0 radical (unpaired) electrons. The third kappa shape index (κ3) is 5.31. The van der Waals surface area contributed by atoms with E-state index in [9.17, 15) is 23.6 Å². The predicted octanol–water partition coefficient (Wildman–Crippen LogP) is 1.82. The molecule has 1 aromatic carbocycles. The van der Waals surface area contributed by atoms with Gasteiger partial charge in [-0.25, -0.2) is 8.42 Å². The summed E-state index contributed by atoms with van der Waals surface area (Å²) in [6.45, 7) is 4.18. The lowest BCUT2D eigenvalue weighted by molar-refractivity contribution is -0.387. The van der Waals surface area contributed by atoms with Crippen LogP contribution in [0.5, 0.6) is 0 Å². The van der Waals surface area contributed by atoms with Gasteiger partial charge in [-0.2, -0.15) is 0 Å². The largest absolute Gasteiger partial charge is 0.393 e. The molecule has 0 saturated heterocycles. The number of aliphatic hydroxyl groups is 1. The smallest absolute Gasteiger partial charge is 0.288 e. The first-order valence-electron chi connectivity index (χ1n) is 6.51.